The Balaban J connectivity index is 1.10. The predicted octanol–water partition coefficient (Wildman–Crippen LogP) is 15.1. The van der Waals surface area contributed by atoms with E-state index in [2.05, 4.69) is 205 Å². The summed E-state index contributed by atoms with van der Waals surface area (Å²) in [5, 5.41) is 9.69. The SMILES string of the molecule is O=c1c2ccccc2c2cc(-c3ccc(-n4c5ccc(-c6ccccc6)cc5c5ccc(-c6ccccc6)cc54)c4ccccc34)cc3c4c(-c5ccccc5)cccc4n1c23. The smallest absolute Gasteiger partial charge is 0.263 e. The zero-order valence-corrected chi connectivity index (χ0v) is 33.6. The first kappa shape index (κ1) is 34.6. The van der Waals surface area contributed by atoms with Crippen molar-refractivity contribution in [2.45, 2.75) is 0 Å². The Bertz CT molecular complexity index is 3980. The molecule has 0 amide bonds. The van der Waals surface area contributed by atoms with Crippen molar-refractivity contribution in [2.24, 2.45) is 0 Å². The fourth-order valence-corrected chi connectivity index (χ4v) is 10.3. The summed E-state index contributed by atoms with van der Waals surface area (Å²) in [6.07, 6.45) is 0. The van der Waals surface area contributed by atoms with E-state index in [9.17, 15) is 4.79 Å². The van der Waals surface area contributed by atoms with Crippen LogP contribution in [0.3, 0.4) is 0 Å². The van der Waals surface area contributed by atoms with E-state index in [1.54, 1.807) is 0 Å². The molecule has 3 nitrogen and oxygen atoms in total. The highest BCUT2D eigenvalue weighted by atomic mass is 16.1. The van der Waals surface area contributed by atoms with Gasteiger partial charge in [0.2, 0.25) is 0 Å². The molecule has 3 heteroatoms. The van der Waals surface area contributed by atoms with Crippen LogP contribution in [0.2, 0.25) is 0 Å². The molecule has 3 aromatic heterocycles. The fourth-order valence-electron chi connectivity index (χ4n) is 10.3. The van der Waals surface area contributed by atoms with Gasteiger partial charge in [-0.05, 0) is 104 Å². The molecule has 13 aromatic rings. The lowest BCUT2D eigenvalue weighted by Crippen LogP contribution is -2.12. The van der Waals surface area contributed by atoms with E-state index in [4.69, 9.17) is 0 Å². The molecule has 10 aromatic carbocycles. The number of nitrogens with zero attached hydrogens (tertiary/aromatic N) is 2. The van der Waals surface area contributed by atoms with Crippen LogP contribution in [0.5, 0.6) is 0 Å². The lowest BCUT2D eigenvalue weighted by molar-refractivity contribution is 1.20. The highest BCUT2D eigenvalue weighted by Crippen LogP contribution is 2.45. The Morgan fingerprint density at radius 3 is 1.63 bits per heavy atom. The van der Waals surface area contributed by atoms with E-state index in [1.165, 1.54) is 38.4 Å². The van der Waals surface area contributed by atoms with Crippen molar-refractivity contribution < 1.29 is 0 Å². The normalized spacial score (nSPS) is 11.9. The molecule has 0 unspecified atom stereocenters. The maximum Gasteiger partial charge on any atom is 0.263 e. The summed E-state index contributed by atoms with van der Waals surface area (Å²) in [6.45, 7) is 0. The van der Waals surface area contributed by atoms with Crippen LogP contribution < -0.4 is 5.56 Å². The number of hydrogen-bond donors (Lipinski definition) is 0. The summed E-state index contributed by atoms with van der Waals surface area (Å²) in [4.78, 5) is 14.4. The number of pyridine rings is 1. The Hall–Kier alpha value is -8.27. The summed E-state index contributed by atoms with van der Waals surface area (Å²) in [5.74, 6) is 0. The lowest BCUT2D eigenvalue weighted by atomic mass is 9.92. The largest absolute Gasteiger partial charge is 0.309 e. The molecule has 3 heterocycles. The van der Waals surface area contributed by atoms with Crippen molar-refractivity contribution >= 4 is 70.5 Å². The van der Waals surface area contributed by atoms with E-state index < -0.39 is 0 Å². The van der Waals surface area contributed by atoms with Gasteiger partial charge >= 0.3 is 0 Å². The predicted molar refractivity (Wildman–Crippen MR) is 261 cm³/mol. The van der Waals surface area contributed by atoms with Gasteiger partial charge in [-0.25, -0.2) is 0 Å². The maximum atomic E-state index is 14.4. The van der Waals surface area contributed by atoms with Crippen LogP contribution in [0.25, 0.3) is 121 Å². The molecule has 0 aliphatic rings. The third-order valence-corrected chi connectivity index (χ3v) is 13.1. The van der Waals surface area contributed by atoms with Gasteiger partial charge in [-0.3, -0.25) is 9.20 Å². The molecule has 62 heavy (non-hydrogen) atoms. The minimum absolute atomic E-state index is 0.0124. The van der Waals surface area contributed by atoms with E-state index in [0.717, 1.165) is 82.3 Å². The lowest BCUT2D eigenvalue weighted by Gasteiger charge is -2.16. The third kappa shape index (κ3) is 5.03. The zero-order chi connectivity index (χ0) is 40.9. The van der Waals surface area contributed by atoms with Crippen molar-refractivity contribution in [1.82, 2.24) is 8.97 Å². The molecule has 0 spiro atoms. The second kappa shape index (κ2) is 13.4. The molecule has 0 bridgehead atoms. The molecule has 0 radical (unpaired) electrons. The molecule has 0 aliphatic carbocycles. The van der Waals surface area contributed by atoms with Crippen molar-refractivity contribution in [2.75, 3.05) is 0 Å². The minimum Gasteiger partial charge on any atom is -0.309 e. The first-order chi connectivity index (χ1) is 30.7. The van der Waals surface area contributed by atoms with Gasteiger partial charge in [0.25, 0.3) is 5.56 Å². The van der Waals surface area contributed by atoms with Crippen molar-refractivity contribution in [3.8, 4) is 50.2 Å². The Labute approximate surface area is 356 Å². The quantitative estimate of drug-likeness (QED) is 0.160. The molecular weight excluding hydrogens is 753 g/mol. The van der Waals surface area contributed by atoms with Crippen molar-refractivity contribution in [1.29, 1.82) is 0 Å². The van der Waals surface area contributed by atoms with Crippen LogP contribution in [0, 0.1) is 0 Å². The molecule has 0 N–H and O–H groups in total. The number of benzene rings is 10. The second-order valence-corrected chi connectivity index (χ2v) is 16.4. The first-order valence-electron chi connectivity index (χ1n) is 21.2. The zero-order valence-electron chi connectivity index (χ0n) is 33.6. The molecule has 13 rings (SSSR count). The molecule has 0 atom stereocenters. The monoisotopic (exact) mass is 788 g/mol. The Morgan fingerprint density at radius 2 is 0.887 bits per heavy atom. The van der Waals surface area contributed by atoms with Crippen LogP contribution in [-0.4, -0.2) is 8.97 Å². The highest BCUT2D eigenvalue weighted by Gasteiger charge is 2.23. The van der Waals surface area contributed by atoms with Crippen LogP contribution in [-0.2, 0) is 0 Å². The van der Waals surface area contributed by atoms with Crippen LogP contribution in [0.4, 0.5) is 0 Å². The van der Waals surface area contributed by atoms with Gasteiger partial charge in [0.15, 0.2) is 0 Å². The number of fused-ring (bicyclic) bond motifs is 9. The standard InChI is InChI=1S/C59H36N2O/c62-59-49-24-13-11-22-46(49)51-34-42(35-52-57-44(39-19-8-3-9-20-39)25-14-26-55(57)61(59)58(51)52)43-30-32-53(47-23-12-10-21-45(43)47)60-54-31-28-40(37-15-4-1-5-16-37)33-50(54)48-29-27-41(36-56(48)60)38-17-6-2-7-18-38/h1-36H. The van der Waals surface area contributed by atoms with Gasteiger partial charge in [-0.15, -0.1) is 0 Å². The summed E-state index contributed by atoms with van der Waals surface area (Å²) in [6, 6.07) is 78.2. The van der Waals surface area contributed by atoms with Crippen LogP contribution in [0.15, 0.2) is 223 Å². The summed E-state index contributed by atoms with van der Waals surface area (Å²) in [5.41, 5.74) is 14.6. The molecule has 0 fully saturated rings. The maximum absolute atomic E-state index is 14.4. The number of aromatic nitrogens is 2. The Kier molecular flexibility index (Phi) is 7.46. The van der Waals surface area contributed by atoms with Crippen molar-refractivity contribution in [3.63, 3.8) is 0 Å². The average Bonchev–Trinajstić information content (AvgIpc) is 3.86. The molecular formula is C59H36N2O. The van der Waals surface area contributed by atoms with Gasteiger partial charge in [0, 0.05) is 37.7 Å². The van der Waals surface area contributed by atoms with Gasteiger partial charge < -0.3 is 4.57 Å². The number of hydrogen-bond acceptors (Lipinski definition) is 1. The first-order valence-corrected chi connectivity index (χ1v) is 21.2. The van der Waals surface area contributed by atoms with Gasteiger partial charge in [-0.1, -0.05) is 170 Å². The highest BCUT2D eigenvalue weighted by molar-refractivity contribution is 6.25. The van der Waals surface area contributed by atoms with E-state index in [-0.39, 0.29) is 5.56 Å². The van der Waals surface area contributed by atoms with Crippen molar-refractivity contribution in [3.05, 3.63) is 229 Å². The van der Waals surface area contributed by atoms with Crippen LogP contribution >= 0.6 is 0 Å². The average molecular weight is 789 g/mol. The van der Waals surface area contributed by atoms with E-state index >= 15 is 0 Å². The molecule has 0 saturated carbocycles. The topological polar surface area (TPSA) is 26.4 Å². The van der Waals surface area contributed by atoms with Gasteiger partial charge in [0.1, 0.15) is 0 Å². The third-order valence-electron chi connectivity index (χ3n) is 13.1. The van der Waals surface area contributed by atoms with Crippen LogP contribution in [0.1, 0.15) is 0 Å². The summed E-state index contributed by atoms with van der Waals surface area (Å²) in [7, 11) is 0. The molecule has 0 aliphatic heterocycles. The summed E-state index contributed by atoms with van der Waals surface area (Å²) >= 11 is 0. The van der Waals surface area contributed by atoms with E-state index in [1.807, 2.05) is 22.6 Å². The second-order valence-electron chi connectivity index (χ2n) is 16.4. The molecule has 0 saturated heterocycles. The van der Waals surface area contributed by atoms with E-state index in [0.29, 0.717) is 0 Å². The minimum atomic E-state index is 0.0124. The Morgan fingerprint density at radius 1 is 0.290 bits per heavy atom. The number of rotatable bonds is 5. The van der Waals surface area contributed by atoms with Gasteiger partial charge in [0.05, 0.1) is 27.8 Å². The van der Waals surface area contributed by atoms with Gasteiger partial charge in [-0.2, -0.15) is 0 Å². The molecule has 288 valence electrons. The fraction of sp³-hybridized carbons (Fsp3) is 0. The summed E-state index contributed by atoms with van der Waals surface area (Å²) < 4.78 is 4.42.